The molecule has 2 aliphatic rings. The van der Waals surface area contributed by atoms with Crippen LogP contribution in [0.2, 0.25) is 0 Å². The van der Waals surface area contributed by atoms with E-state index in [1.54, 1.807) is 18.3 Å². The van der Waals surface area contributed by atoms with Crippen LogP contribution in [0.15, 0.2) is 48.3 Å². The van der Waals surface area contributed by atoms with Gasteiger partial charge in [0.1, 0.15) is 5.70 Å². The number of imide groups is 1. The van der Waals surface area contributed by atoms with Crippen molar-refractivity contribution in [3.05, 3.63) is 59.5 Å². The first-order valence-electron chi connectivity index (χ1n) is 11.1. The second-order valence-corrected chi connectivity index (χ2v) is 9.35. The molecule has 0 saturated carbocycles. The average molecular weight is 465 g/mol. The van der Waals surface area contributed by atoms with Gasteiger partial charge < -0.3 is 10.0 Å². The monoisotopic (exact) mass is 464 g/mol. The normalized spacial score (nSPS) is 19.6. The maximum atomic E-state index is 12.4. The number of benzene rings is 1. The summed E-state index contributed by atoms with van der Waals surface area (Å²) in [4.78, 5) is 50.4. The molecule has 10 heteroatoms. The molecule has 0 spiro atoms. The lowest BCUT2D eigenvalue weighted by Gasteiger charge is -2.37. The lowest BCUT2D eigenvalue weighted by Crippen LogP contribution is -2.52. The van der Waals surface area contributed by atoms with Crippen LogP contribution in [-0.4, -0.2) is 67.6 Å². The smallest absolute Gasteiger partial charge is 0.408 e. The Kier molecular flexibility index (Phi) is 6.23. The van der Waals surface area contributed by atoms with Crippen molar-refractivity contribution < 1.29 is 19.5 Å². The summed E-state index contributed by atoms with van der Waals surface area (Å²) >= 11 is 0. The van der Waals surface area contributed by atoms with Crippen molar-refractivity contribution in [2.45, 2.75) is 45.3 Å². The zero-order chi connectivity index (χ0) is 24.5. The Balaban J connectivity index is 1.55. The molecule has 2 fully saturated rings. The highest BCUT2D eigenvalue weighted by molar-refractivity contribution is 6.13. The van der Waals surface area contributed by atoms with Crippen LogP contribution in [0.1, 0.15) is 38.4 Å². The Labute approximate surface area is 197 Å². The quantitative estimate of drug-likeness (QED) is 0.516. The number of carboxylic acid groups (broad SMARTS) is 1. The second kappa shape index (κ2) is 9.12. The molecular weight excluding hydrogens is 436 g/mol. The number of nitrogens with one attached hydrogen (secondary N) is 1. The predicted octanol–water partition coefficient (Wildman–Crippen LogP) is 2.93. The lowest BCUT2D eigenvalue weighted by molar-refractivity contribution is -0.116. The Bertz CT molecular complexity index is 1130. The van der Waals surface area contributed by atoms with Crippen molar-refractivity contribution in [3.8, 4) is 0 Å². The maximum Gasteiger partial charge on any atom is 0.408 e. The number of nitrogens with zero attached hydrogens (tertiary/aromatic N) is 5. The van der Waals surface area contributed by atoms with Crippen molar-refractivity contribution in [1.82, 2.24) is 25.1 Å². The Morgan fingerprint density at radius 3 is 2.65 bits per heavy atom. The number of urea groups is 1. The molecule has 34 heavy (non-hydrogen) atoms. The van der Waals surface area contributed by atoms with Gasteiger partial charge >= 0.3 is 12.1 Å². The number of hydrogen-bond donors (Lipinski definition) is 2. The first-order valence-corrected chi connectivity index (χ1v) is 11.1. The van der Waals surface area contributed by atoms with Crippen molar-refractivity contribution in [1.29, 1.82) is 0 Å². The summed E-state index contributed by atoms with van der Waals surface area (Å²) in [6, 6.07) is 10.4. The van der Waals surface area contributed by atoms with Gasteiger partial charge in [-0.2, -0.15) is 0 Å². The van der Waals surface area contributed by atoms with Crippen LogP contribution in [0, 0.1) is 0 Å². The lowest BCUT2D eigenvalue weighted by atomic mass is 10.0. The molecule has 2 saturated heterocycles. The van der Waals surface area contributed by atoms with Gasteiger partial charge in [-0.3, -0.25) is 19.9 Å². The van der Waals surface area contributed by atoms with Gasteiger partial charge in [0, 0.05) is 24.8 Å². The van der Waals surface area contributed by atoms with Gasteiger partial charge in [-0.15, -0.1) is 0 Å². The summed E-state index contributed by atoms with van der Waals surface area (Å²) in [5.41, 5.74) is 1.07. The molecular formula is C24H28N6O4. The molecule has 2 aliphatic heterocycles. The van der Waals surface area contributed by atoms with E-state index in [0.29, 0.717) is 31.2 Å². The minimum absolute atomic E-state index is 0.178. The molecule has 1 aromatic carbocycles. The van der Waals surface area contributed by atoms with Crippen LogP contribution < -0.4 is 10.2 Å². The van der Waals surface area contributed by atoms with Crippen LogP contribution in [0.5, 0.6) is 0 Å². The molecule has 1 aromatic heterocycles. The van der Waals surface area contributed by atoms with Gasteiger partial charge in [0.05, 0.1) is 18.3 Å². The molecule has 10 nitrogen and oxygen atoms in total. The topological polar surface area (TPSA) is 119 Å². The summed E-state index contributed by atoms with van der Waals surface area (Å²) in [7, 11) is 0. The fourth-order valence-corrected chi connectivity index (χ4v) is 4.39. The van der Waals surface area contributed by atoms with Crippen molar-refractivity contribution in [3.63, 3.8) is 0 Å². The molecule has 0 aliphatic carbocycles. The van der Waals surface area contributed by atoms with E-state index in [9.17, 15) is 19.5 Å². The maximum absolute atomic E-state index is 12.4. The third-order valence-electron chi connectivity index (χ3n) is 5.86. The summed E-state index contributed by atoms with van der Waals surface area (Å²) in [5, 5.41) is 12.0. The number of hydrogen-bond acceptors (Lipinski definition) is 6. The second-order valence-electron chi connectivity index (χ2n) is 9.35. The molecule has 0 bridgehead atoms. The van der Waals surface area contributed by atoms with E-state index in [2.05, 4.69) is 15.3 Å². The fourth-order valence-electron chi connectivity index (χ4n) is 4.39. The highest BCUT2D eigenvalue weighted by Crippen LogP contribution is 2.26. The highest BCUT2D eigenvalue weighted by atomic mass is 16.4. The van der Waals surface area contributed by atoms with Crippen molar-refractivity contribution in [2.75, 3.05) is 18.0 Å². The first kappa shape index (κ1) is 23.2. The van der Waals surface area contributed by atoms with Crippen molar-refractivity contribution >= 4 is 30.1 Å². The minimum atomic E-state index is -0.950. The molecule has 4 rings (SSSR count). The zero-order valence-corrected chi connectivity index (χ0v) is 19.4. The molecule has 0 radical (unpaired) electrons. The van der Waals surface area contributed by atoms with E-state index in [4.69, 9.17) is 0 Å². The molecule has 4 amide bonds. The Morgan fingerprint density at radius 1 is 1.24 bits per heavy atom. The highest BCUT2D eigenvalue weighted by Gasteiger charge is 2.38. The van der Waals surface area contributed by atoms with E-state index in [1.165, 1.54) is 9.80 Å². The zero-order valence-electron chi connectivity index (χ0n) is 19.4. The van der Waals surface area contributed by atoms with Crippen LogP contribution in [0.3, 0.4) is 0 Å². The third kappa shape index (κ3) is 4.85. The van der Waals surface area contributed by atoms with E-state index in [0.717, 1.165) is 5.56 Å². The average Bonchev–Trinajstić information content (AvgIpc) is 3.34. The summed E-state index contributed by atoms with van der Waals surface area (Å²) in [6.07, 6.45) is 2.88. The number of carbonyl (C=O) groups is 3. The standard InChI is InChI=1S/C24H28N6O4/c1-24(2,3)30(23(33)34)18-10-12-28(15-18)21-25-11-9-17(26-21)13-19-20(31)27-22(32)29(19)14-16-7-5-4-6-8-16/h4-9,11,13,18H,10,12,14-15H2,1-3H3,(H,33,34)(H,27,31,32). The van der Waals surface area contributed by atoms with Crippen LogP contribution in [0.4, 0.5) is 15.5 Å². The third-order valence-corrected chi connectivity index (χ3v) is 5.86. The number of carbonyl (C=O) groups excluding carboxylic acids is 2. The number of amides is 4. The van der Waals surface area contributed by atoms with Gasteiger partial charge in [-0.1, -0.05) is 30.3 Å². The van der Waals surface area contributed by atoms with Crippen LogP contribution in [-0.2, 0) is 11.3 Å². The van der Waals surface area contributed by atoms with E-state index >= 15 is 0 Å². The predicted molar refractivity (Wildman–Crippen MR) is 126 cm³/mol. The van der Waals surface area contributed by atoms with Crippen LogP contribution >= 0.6 is 0 Å². The minimum Gasteiger partial charge on any atom is -0.465 e. The molecule has 1 unspecified atom stereocenters. The van der Waals surface area contributed by atoms with Crippen molar-refractivity contribution in [2.24, 2.45) is 0 Å². The number of aromatic nitrogens is 2. The van der Waals surface area contributed by atoms with E-state index in [1.807, 2.05) is 56.0 Å². The summed E-state index contributed by atoms with van der Waals surface area (Å²) < 4.78 is 0. The summed E-state index contributed by atoms with van der Waals surface area (Å²) in [6.45, 7) is 6.98. The Morgan fingerprint density at radius 2 is 1.97 bits per heavy atom. The fraction of sp³-hybridized carbons (Fsp3) is 0.375. The van der Waals surface area contributed by atoms with Crippen LogP contribution in [0.25, 0.3) is 6.08 Å². The number of anilines is 1. The molecule has 3 heterocycles. The molecule has 1 atom stereocenters. The van der Waals surface area contributed by atoms with Gasteiger partial charge in [0.25, 0.3) is 5.91 Å². The molecule has 2 N–H and O–H groups in total. The van der Waals surface area contributed by atoms with Gasteiger partial charge in [-0.05, 0) is 44.9 Å². The number of rotatable bonds is 5. The molecule has 178 valence electrons. The largest absolute Gasteiger partial charge is 0.465 e. The Hall–Kier alpha value is -3.95. The summed E-state index contributed by atoms with van der Waals surface area (Å²) in [5.74, 6) is -0.0277. The van der Waals surface area contributed by atoms with E-state index < -0.39 is 23.6 Å². The SMILES string of the molecule is CC(C)(C)N(C(=O)O)C1CCN(c2nccc(C=C3C(=O)NC(=O)N3Cc3ccccc3)n2)C1. The van der Waals surface area contributed by atoms with Gasteiger partial charge in [0.2, 0.25) is 5.95 Å². The van der Waals surface area contributed by atoms with Gasteiger partial charge in [0.15, 0.2) is 0 Å². The van der Waals surface area contributed by atoms with E-state index in [-0.39, 0.29) is 18.3 Å². The first-order chi connectivity index (χ1) is 16.1. The molecule has 2 aromatic rings. The van der Waals surface area contributed by atoms with Gasteiger partial charge in [-0.25, -0.2) is 19.6 Å².